The lowest BCUT2D eigenvalue weighted by Crippen LogP contribution is -2.38. The summed E-state index contributed by atoms with van der Waals surface area (Å²) < 4.78 is 1.88. The molecule has 2 aromatic rings. The first-order valence-electron chi connectivity index (χ1n) is 9.31. The second kappa shape index (κ2) is 6.59. The third-order valence-corrected chi connectivity index (χ3v) is 5.28. The highest BCUT2D eigenvalue weighted by Gasteiger charge is 2.37. The molecule has 0 aliphatic heterocycles. The Morgan fingerprint density at radius 2 is 1.96 bits per heavy atom. The minimum absolute atomic E-state index is 0.0460. The normalized spacial score (nSPS) is 15.7. The van der Waals surface area contributed by atoms with Gasteiger partial charge in [-0.2, -0.15) is 5.10 Å². The Hall–Kier alpha value is -2.63. The summed E-state index contributed by atoms with van der Waals surface area (Å²) in [6, 6.07) is 8.29. The lowest BCUT2D eigenvalue weighted by molar-refractivity contribution is -0.137. The van der Waals surface area contributed by atoms with Crippen LogP contribution in [0.5, 0.6) is 0 Å². The van der Waals surface area contributed by atoms with Crippen molar-refractivity contribution >= 4 is 11.9 Å². The summed E-state index contributed by atoms with van der Waals surface area (Å²) in [5.41, 5.74) is 4.73. The van der Waals surface area contributed by atoms with Crippen LogP contribution in [-0.2, 0) is 24.1 Å². The number of carboxylic acid groups (broad SMARTS) is 1. The van der Waals surface area contributed by atoms with E-state index in [1.165, 1.54) is 10.5 Å². The summed E-state index contributed by atoms with van der Waals surface area (Å²) in [6.07, 6.45) is 5.46. The number of carbonyl (C=O) groups is 2. The van der Waals surface area contributed by atoms with E-state index >= 15 is 0 Å². The van der Waals surface area contributed by atoms with E-state index in [0.717, 1.165) is 55.5 Å². The molecule has 1 N–H and O–H groups in total. The van der Waals surface area contributed by atoms with E-state index < -0.39 is 5.97 Å². The number of aliphatic carboxylic acids is 1. The van der Waals surface area contributed by atoms with Crippen molar-refractivity contribution < 1.29 is 14.7 Å². The third-order valence-electron chi connectivity index (χ3n) is 5.28. The lowest BCUT2D eigenvalue weighted by atomic mass is 10.1. The van der Waals surface area contributed by atoms with Gasteiger partial charge in [-0.1, -0.05) is 19.1 Å². The number of fused-ring (bicyclic) bond motifs is 1. The summed E-state index contributed by atoms with van der Waals surface area (Å²) >= 11 is 0. The molecule has 1 heterocycles. The van der Waals surface area contributed by atoms with Crippen LogP contribution in [0, 0.1) is 0 Å². The highest BCUT2D eigenvalue weighted by molar-refractivity contribution is 5.96. The van der Waals surface area contributed by atoms with Crippen molar-refractivity contribution in [2.75, 3.05) is 6.54 Å². The molecule has 2 aliphatic rings. The van der Waals surface area contributed by atoms with Gasteiger partial charge < -0.3 is 10.0 Å². The van der Waals surface area contributed by atoms with Crippen LogP contribution in [0.2, 0.25) is 0 Å². The van der Waals surface area contributed by atoms with Gasteiger partial charge in [-0.05, 0) is 56.2 Å². The molecule has 2 aliphatic carbocycles. The average molecular weight is 353 g/mol. The molecular formula is C20H23N3O3. The number of hydrogen-bond donors (Lipinski definition) is 1. The molecule has 26 heavy (non-hydrogen) atoms. The summed E-state index contributed by atoms with van der Waals surface area (Å²) in [7, 11) is 0. The first-order valence-corrected chi connectivity index (χ1v) is 9.31. The standard InChI is InChI=1S/C20H23N3O3/c1-2-13-6-8-15(9-7-13)23-17-5-3-4-16(17)19(21-23)20(26)22(12-18(24)25)14-10-11-14/h6-9,14H,2-5,10-12H2,1H3,(H,24,25). The van der Waals surface area contributed by atoms with Crippen LogP contribution in [-0.4, -0.2) is 44.3 Å². The first kappa shape index (κ1) is 16.8. The van der Waals surface area contributed by atoms with Gasteiger partial charge in [0.05, 0.1) is 5.69 Å². The Morgan fingerprint density at radius 3 is 2.58 bits per heavy atom. The van der Waals surface area contributed by atoms with Crippen LogP contribution >= 0.6 is 0 Å². The van der Waals surface area contributed by atoms with Crippen LogP contribution in [0.4, 0.5) is 0 Å². The first-order chi connectivity index (χ1) is 12.6. The molecule has 1 aromatic heterocycles. The van der Waals surface area contributed by atoms with Gasteiger partial charge in [-0.3, -0.25) is 9.59 Å². The predicted octanol–water partition coefficient (Wildman–Crippen LogP) is 2.61. The van der Waals surface area contributed by atoms with E-state index in [0.29, 0.717) is 5.69 Å². The summed E-state index contributed by atoms with van der Waals surface area (Å²) in [5, 5.41) is 13.8. The zero-order chi connectivity index (χ0) is 18.3. The number of aromatic nitrogens is 2. The molecule has 1 aromatic carbocycles. The zero-order valence-electron chi connectivity index (χ0n) is 14.9. The van der Waals surface area contributed by atoms with E-state index in [2.05, 4.69) is 24.2 Å². The number of hydrogen-bond acceptors (Lipinski definition) is 3. The molecule has 4 rings (SSSR count). The third kappa shape index (κ3) is 3.00. The molecule has 136 valence electrons. The maximum absolute atomic E-state index is 13.1. The summed E-state index contributed by atoms with van der Waals surface area (Å²) in [5.74, 6) is -1.21. The fraction of sp³-hybridized carbons (Fsp3) is 0.450. The van der Waals surface area contributed by atoms with Crippen LogP contribution in [0.1, 0.15) is 53.5 Å². The maximum atomic E-state index is 13.1. The van der Waals surface area contributed by atoms with Gasteiger partial charge in [0, 0.05) is 17.3 Å². The molecule has 0 atom stereocenters. The Morgan fingerprint density at radius 1 is 1.23 bits per heavy atom. The van der Waals surface area contributed by atoms with Crippen molar-refractivity contribution in [1.82, 2.24) is 14.7 Å². The number of nitrogens with zero attached hydrogens (tertiary/aromatic N) is 3. The van der Waals surface area contributed by atoms with Crippen LogP contribution in [0.25, 0.3) is 5.69 Å². The van der Waals surface area contributed by atoms with E-state index in [1.54, 1.807) is 0 Å². The average Bonchev–Trinajstić information content (AvgIpc) is 3.25. The van der Waals surface area contributed by atoms with Gasteiger partial charge in [0.25, 0.3) is 5.91 Å². The molecule has 1 saturated carbocycles. The zero-order valence-corrected chi connectivity index (χ0v) is 14.9. The fourth-order valence-electron chi connectivity index (χ4n) is 3.73. The molecule has 6 heteroatoms. The highest BCUT2D eigenvalue weighted by Crippen LogP contribution is 2.32. The minimum atomic E-state index is -0.975. The number of amides is 1. The number of aryl methyl sites for hydroxylation is 1. The van der Waals surface area contributed by atoms with Crippen molar-refractivity contribution in [1.29, 1.82) is 0 Å². The molecule has 6 nitrogen and oxygen atoms in total. The number of carboxylic acids is 1. The Bertz CT molecular complexity index is 850. The molecule has 0 bridgehead atoms. The molecule has 1 fully saturated rings. The Balaban J connectivity index is 1.71. The Kier molecular flexibility index (Phi) is 4.26. The van der Waals surface area contributed by atoms with E-state index in [1.807, 2.05) is 16.8 Å². The second-order valence-corrected chi connectivity index (χ2v) is 7.12. The molecule has 0 spiro atoms. The molecule has 1 amide bonds. The summed E-state index contributed by atoms with van der Waals surface area (Å²) in [4.78, 5) is 25.7. The van der Waals surface area contributed by atoms with Crippen LogP contribution in [0.3, 0.4) is 0 Å². The van der Waals surface area contributed by atoms with Crippen molar-refractivity contribution in [3.05, 3.63) is 46.8 Å². The van der Waals surface area contributed by atoms with E-state index in [4.69, 9.17) is 5.11 Å². The van der Waals surface area contributed by atoms with Crippen molar-refractivity contribution in [3.63, 3.8) is 0 Å². The fourth-order valence-corrected chi connectivity index (χ4v) is 3.73. The van der Waals surface area contributed by atoms with Gasteiger partial charge in [-0.25, -0.2) is 4.68 Å². The van der Waals surface area contributed by atoms with Gasteiger partial charge >= 0.3 is 5.97 Å². The predicted molar refractivity (Wildman–Crippen MR) is 96.7 cm³/mol. The molecule has 0 radical (unpaired) electrons. The van der Waals surface area contributed by atoms with E-state index in [9.17, 15) is 9.59 Å². The van der Waals surface area contributed by atoms with Crippen molar-refractivity contribution in [3.8, 4) is 5.69 Å². The monoisotopic (exact) mass is 353 g/mol. The number of rotatable bonds is 6. The van der Waals surface area contributed by atoms with Gasteiger partial charge in [0.2, 0.25) is 0 Å². The molecular weight excluding hydrogens is 330 g/mol. The van der Waals surface area contributed by atoms with Gasteiger partial charge in [0.15, 0.2) is 5.69 Å². The summed E-state index contributed by atoms with van der Waals surface area (Å²) in [6.45, 7) is 1.86. The smallest absolute Gasteiger partial charge is 0.323 e. The molecule has 0 saturated heterocycles. The lowest BCUT2D eigenvalue weighted by Gasteiger charge is -2.19. The number of benzene rings is 1. The van der Waals surface area contributed by atoms with Gasteiger partial charge in [0.1, 0.15) is 6.54 Å². The highest BCUT2D eigenvalue weighted by atomic mass is 16.4. The minimum Gasteiger partial charge on any atom is -0.480 e. The molecule has 0 unspecified atom stereocenters. The SMILES string of the molecule is CCc1ccc(-n2nc(C(=O)N(CC(=O)O)C3CC3)c3c2CCC3)cc1. The largest absolute Gasteiger partial charge is 0.480 e. The Labute approximate surface area is 152 Å². The number of carbonyl (C=O) groups excluding carboxylic acids is 1. The second-order valence-electron chi connectivity index (χ2n) is 7.12. The van der Waals surface area contributed by atoms with Gasteiger partial charge in [-0.15, -0.1) is 0 Å². The van der Waals surface area contributed by atoms with Crippen molar-refractivity contribution in [2.45, 2.75) is 51.5 Å². The van der Waals surface area contributed by atoms with Crippen LogP contribution < -0.4 is 0 Å². The quantitative estimate of drug-likeness (QED) is 0.866. The topological polar surface area (TPSA) is 75.4 Å². The maximum Gasteiger partial charge on any atom is 0.323 e. The van der Waals surface area contributed by atoms with Crippen molar-refractivity contribution in [2.24, 2.45) is 0 Å². The van der Waals surface area contributed by atoms with E-state index in [-0.39, 0.29) is 18.5 Å². The van der Waals surface area contributed by atoms with Crippen LogP contribution in [0.15, 0.2) is 24.3 Å².